The molecule has 156 valence electrons. The van der Waals surface area contributed by atoms with E-state index in [9.17, 15) is 19.1 Å². The molecule has 7 heteroatoms. The van der Waals surface area contributed by atoms with E-state index in [0.717, 1.165) is 11.1 Å². The molecule has 1 heterocycles. The number of hydrogen-bond acceptors (Lipinski definition) is 4. The van der Waals surface area contributed by atoms with Crippen LogP contribution < -0.4 is 10.9 Å². The van der Waals surface area contributed by atoms with E-state index in [1.165, 1.54) is 22.8 Å². The molecule has 1 amide bonds. The molecule has 3 rings (SSSR count). The smallest absolute Gasteiger partial charge is 0.257 e. The van der Waals surface area contributed by atoms with Gasteiger partial charge in [0.05, 0.1) is 0 Å². The van der Waals surface area contributed by atoms with Crippen molar-refractivity contribution < 1.29 is 14.3 Å². The molecule has 0 saturated heterocycles. The van der Waals surface area contributed by atoms with Crippen molar-refractivity contribution in [3.05, 3.63) is 87.1 Å². The van der Waals surface area contributed by atoms with Crippen molar-refractivity contribution in [3.63, 3.8) is 0 Å². The van der Waals surface area contributed by atoms with Crippen LogP contribution in [0.5, 0.6) is 0 Å². The molecule has 0 aliphatic carbocycles. The SMILES string of the molecule is Cc1ccc(CNC(=O)Cn2c(-c3cccc(F)c3)nc(C)c(CCO)c2=O)cc1. The van der Waals surface area contributed by atoms with E-state index in [-0.39, 0.29) is 31.3 Å². The Kier molecular flexibility index (Phi) is 6.74. The first-order chi connectivity index (χ1) is 14.4. The van der Waals surface area contributed by atoms with Crippen LogP contribution in [0.2, 0.25) is 0 Å². The van der Waals surface area contributed by atoms with Crippen LogP contribution in [0.15, 0.2) is 53.3 Å². The standard InChI is InChI=1S/C23H24FN3O3/c1-15-6-8-17(9-7-15)13-25-21(29)14-27-22(18-4-3-5-19(24)12-18)26-16(2)20(10-11-28)23(27)30/h3-9,12,28H,10-11,13-14H2,1-2H3,(H,25,29). The van der Waals surface area contributed by atoms with Gasteiger partial charge in [0, 0.05) is 36.4 Å². The van der Waals surface area contributed by atoms with Gasteiger partial charge in [-0.1, -0.05) is 42.0 Å². The zero-order valence-corrected chi connectivity index (χ0v) is 17.0. The molecule has 0 aliphatic rings. The summed E-state index contributed by atoms with van der Waals surface area (Å²) in [4.78, 5) is 30.1. The molecule has 0 unspecified atom stereocenters. The van der Waals surface area contributed by atoms with Crippen LogP contribution in [-0.2, 0) is 24.3 Å². The molecular formula is C23H24FN3O3. The summed E-state index contributed by atoms with van der Waals surface area (Å²) in [5.74, 6) is -0.616. The maximum atomic E-state index is 13.8. The number of nitrogens with one attached hydrogen (secondary N) is 1. The van der Waals surface area contributed by atoms with Crippen LogP contribution in [0.3, 0.4) is 0 Å². The van der Waals surface area contributed by atoms with Crippen molar-refractivity contribution in [1.29, 1.82) is 0 Å². The highest BCUT2D eigenvalue weighted by molar-refractivity contribution is 5.76. The molecule has 3 aromatic rings. The minimum atomic E-state index is -0.464. The predicted octanol–water partition coefficient (Wildman–Crippen LogP) is 2.52. The number of carbonyl (C=O) groups excluding carboxylic acids is 1. The molecular weight excluding hydrogens is 385 g/mol. The number of benzene rings is 2. The Labute approximate surface area is 174 Å². The molecule has 30 heavy (non-hydrogen) atoms. The second-order valence-corrected chi connectivity index (χ2v) is 7.14. The van der Waals surface area contributed by atoms with Gasteiger partial charge in [0.25, 0.3) is 5.56 Å². The molecule has 0 spiro atoms. The second-order valence-electron chi connectivity index (χ2n) is 7.14. The van der Waals surface area contributed by atoms with Gasteiger partial charge in [-0.15, -0.1) is 0 Å². The fourth-order valence-electron chi connectivity index (χ4n) is 3.20. The number of aryl methyl sites for hydroxylation is 2. The van der Waals surface area contributed by atoms with E-state index < -0.39 is 11.4 Å². The Morgan fingerprint density at radius 3 is 2.57 bits per heavy atom. The predicted molar refractivity (Wildman–Crippen MR) is 112 cm³/mol. The fourth-order valence-corrected chi connectivity index (χ4v) is 3.20. The molecule has 0 aliphatic heterocycles. The number of halogens is 1. The van der Waals surface area contributed by atoms with Crippen LogP contribution in [-0.4, -0.2) is 27.2 Å². The molecule has 0 atom stereocenters. The van der Waals surface area contributed by atoms with Crippen molar-refractivity contribution in [3.8, 4) is 11.4 Å². The van der Waals surface area contributed by atoms with E-state index in [0.29, 0.717) is 23.4 Å². The van der Waals surface area contributed by atoms with Gasteiger partial charge in [-0.25, -0.2) is 9.37 Å². The normalized spacial score (nSPS) is 10.8. The summed E-state index contributed by atoms with van der Waals surface area (Å²) in [6.07, 6.45) is 0.131. The van der Waals surface area contributed by atoms with Crippen molar-refractivity contribution in [1.82, 2.24) is 14.9 Å². The van der Waals surface area contributed by atoms with E-state index in [4.69, 9.17) is 0 Å². The highest BCUT2D eigenvalue weighted by atomic mass is 19.1. The fraction of sp³-hybridized carbons (Fsp3) is 0.261. The minimum Gasteiger partial charge on any atom is -0.396 e. The lowest BCUT2D eigenvalue weighted by Crippen LogP contribution is -2.35. The topological polar surface area (TPSA) is 84.2 Å². The van der Waals surface area contributed by atoms with Gasteiger partial charge in [-0.05, 0) is 31.5 Å². The van der Waals surface area contributed by atoms with E-state index >= 15 is 0 Å². The maximum Gasteiger partial charge on any atom is 0.257 e. The Morgan fingerprint density at radius 1 is 1.17 bits per heavy atom. The molecule has 0 saturated carbocycles. The number of nitrogens with zero attached hydrogens (tertiary/aromatic N) is 2. The van der Waals surface area contributed by atoms with Crippen molar-refractivity contribution in [2.24, 2.45) is 0 Å². The van der Waals surface area contributed by atoms with Crippen LogP contribution in [0, 0.1) is 19.7 Å². The minimum absolute atomic E-state index is 0.131. The van der Waals surface area contributed by atoms with E-state index in [1.807, 2.05) is 31.2 Å². The Bertz CT molecular complexity index is 1110. The van der Waals surface area contributed by atoms with Gasteiger partial charge in [0.2, 0.25) is 5.91 Å². The molecule has 2 N–H and O–H groups in total. The molecule has 0 bridgehead atoms. The summed E-state index contributed by atoms with van der Waals surface area (Å²) in [6.45, 7) is 3.50. The lowest BCUT2D eigenvalue weighted by Gasteiger charge is -2.16. The monoisotopic (exact) mass is 409 g/mol. The number of rotatable bonds is 7. The average Bonchev–Trinajstić information content (AvgIpc) is 2.72. The van der Waals surface area contributed by atoms with E-state index in [1.54, 1.807) is 13.0 Å². The van der Waals surface area contributed by atoms with Gasteiger partial charge < -0.3 is 10.4 Å². The second kappa shape index (κ2) is 9.45. The quantitative estimate of drug-likeness (QED) is 0.628. The summed E-state index contributed by atoms with van der Waals surface area (Å²) in [7, 11) is 0. The molecule has 1 aromatic heterocycles. The van der Waals surface area contributed by atoms with E-state index in [2.05, 4.69) is 10.3 Å². The summed E-state index contributed by atoms with van der Waals surface area (Å²) < 4.78 is 15.0. The summed E-state index contributed by atoms with van der Waals surface area (Å²) >= 11 is 0. The van der Waals surface area contributed by atoms with Gasteiger partial charge in [0.15, 0.2) is 0 Å². The largest absolute Gasteiger partial charge is 0.396 e. The van der Waals surface area contributed by atoms with Crippen molar-refractivity contribution in [2.75, 3.05) is 6.61 Å². The molecule has 6 nitrogen and oxygen atoms in total. The first-order valence-corrected chi connectivity index (χ1v) is 9.68. The number of aromatic nitrogens is 2. The highest BCUT2D eigenvalue weighted by Gasteiger charge is 2.18. The lowest BCUT2D eigenvalue weighted by molar-refractivity contribution is -0.121. The summed E-state index contributed by atoms with van der Waals surface area (Å²) in [6, 6.07) is 13.5. The van der Waals surface area contributed by atoms with Crippen LogP contribution >= 0.6 is 0 Å². The van der Waals surface area contributed by atoms with Gasteiger partial charge >= 0.3 is 0 Å². The number of aliphatic hydroxyl groups is 1. The number of aliphatic hydroxyl groups excluding tert-OH is 1. The van der Waals surface area contributed by atoms with Crippen molar-refractivity contribution in [2.45, 2.75) is 33.4 Å². The summed E-state index contributed by atoms with van der Waals surface area (Å²) in [5, 5.41) is 12.1. The number of amides is 1. The molecule has 2 aromatic carbocycles. The van der Waals surface area contributed by atoms with Gasteiger partial charge in [-0.2, -0.15) is 0 Å². The highest BCUT2D eigenvalue weighted by Crippen LogP contribution is 2.18. The zero-order valence-electron chi connectivity index (χ0n) is 17.0. The summed E-state index contributed by atoms with van der Waals surface area (Å²) in [5.41, 5.74) is 2.83. The number of hydrogen-bond donors (Lipinski definition) is 2. The number of carbonyl (C=O) groups is 1. The van der Waals surface area contributed by atoms with Crippen molar-refractivity contribution >= 4 is 5.91 Å². The first-order valence-electron chi connectivity index (χ1n) is 9.68. The zero-order chi connectivity index (χ0) is 21.7. The molecule has 0 radical (unpaired) electrons. The Balaban J connectivity index is 1.92. The van der Waals surface area contributed by atoms with Crippen LogP contribution in [0.4, 0.5) is 4.39 Å². The average molecular weight is 409 g/mol. The third-order valence-corrected chi connectivity index (χ3v) is 4.83. The Morgan fingerprint density at radius 2 is 1.90 bits per heavy atom. The van der Waals surface area contributed by atoms with Gasteiger partial charge in [0.1, 0.15) is 18.2 Å². The first kappa shape index (κ1) is 21.4. The van der Waals surface area contributed by atoms with Crippen LogP contribution in [0.25, 0.3) is 11.4 Å². The maximum absolute atomic E-state index is 13.8. The van der Waals surface area contributed by atoms with Gasteiger partial charge in [-0.3, -0.25) is 14.2 Å². The Hall–Kier alpha value is -3.32. The third-order valence-electron chi connectivity index (χ3n) is 4.83. The lowest BCUT2D eigenvalue weighted by atomic mass is 10.1. The third kappa shape index (κ3) is 4.99. The van der Waals surface area contributed by atoms with Crippen LogP contribution in [0.1, 0.15) is 22.4 Å². The molecule has 0 fully saturated rings.